The summed E-state index contributed by atoms with van der Waals surface area (Å²) in [7, 11) is 4.16. The minimum Gasteiger partial charge on any atom is -0.394 e. The van der Waals surface area contributed by atoms with Crippen molar-refractivity contribution in [1.82, 2.24) is 20.2 Å². The fourth-order valence-electron chi connectivity index (χ4n) is 9.19. The number of fused-ring (bicyclic) bond motifs is 2. The third-order valence-electron chi connectivity index (χ3n) is 11.9. The van der Waals surface area contributed by atoms with Crippen molar-refractivity contribution in [2.75, 3.05) is 27.2 Å². The highest BCUT2D eigenvalue weighted by Crippen LogP contribution is 2.61. The first-order valence-electron chi connectivity index (χ1n) is 18.4. The Morgan fingerprint density at radius 3 is 2.41 bits per heavy atom. The molecule has 3 saturated carbocycles. The third-order valence-corrected chi connectivity index (χ3v) is 11.9. The number of aliphatic hydroxyl groups is 2. The summed E-state index contributed by atoms with van der Waals surface area (Å²) in [6.07, 6.45) is 1.64. The fraction of sp³-hybridized carbons (Fsp3) is 0.675. The average molecular weight is 681 g/mol. The third kappa shape index (κ3) is 8.57. The monoisotopic (exact) mass is 680 g/mol. The maximum atomic E-state index is 14.9. The van der Waals surface area contributed by atoms with E-state index in [1.165, 1.54) is 12.5 Å². The molecule has 6 rings (SSSR count). The molecule has 272 valence electrons. The van der Waals surface area contributed by atoms with Crippen LogP contribution in [0.3, 0.4) is 0 Å². The Balaban J connectivity index is 1.36. The number of carbonyl (C=O) groups excluding carboxylic acids is 1. The number of aliphatic hydroxyl groups excluding tert-OH is 2. The summed E-state index contributed by atoms with van der Waals surface area (Å²) in [6.45, 7) is 15.1. The van der Waals surface area contributed by atoms with Crippen LogP contribution in [0.25, 0.3) is 0 Å². The van der Waals surface area contributed by atoms with E-state index >= 15 is 0 Å². The lowest BCUT2D eigenvalue weighted by Gasteiger charge is -2.62. The maximum absolute atomic E-state index is 14.9. The van der Waals surface area contributed by atoms with E-state index in [-0.39, 0.29) is 30.4 Å². The molecule has 1 aliphatic heterocycles. The van der Waals surface area contributed by atoms with Crippen molar-refractivity contribution < 1.29 is 24.2 Å². The molecule has 0 aromatic heterocycles. The zero-order valence-corrected chi connectivity index (χ0v) is 31.0. The Bertz CT molecular complexity index is 1390. The fourth-order valence-corrected chi connectivity index (χ4v) is 9.19. The van der Waals surface area contributed by atoms with Gasteiger partial charge in [0.2, 0.25) is 5.91 Å². The first-order valence-corrected chi connectivity index (χ1v) is 18.4. The number of hydroxylamine groups is 2. The molecule has 3 aliphatic carbocycles. The van der Waals surface area contributed by atoms with Gasteiger partial charge in [-0.2, -0.15) is 5.06 Å². The Hall–Kier alpha value is -2.40. The highest BCUT2D eigenvalue weighted by molar-refractivity contribution is 5.82. The van der Waals surface area contributed by atoms with Gasteiger partial charge in [-0.25, -0.2) is 4.39 Å². The average Bonchev–Trinajstić information content (AvgIpc) is 3.40. The topological polar surface area (TPSA) is 88.5 Å². The number of hydrogen-bond acceptors (Lipinski definition) is 7. The lowest BCUT2D eigenvalue weighted by atomic mass is 9.45. The minimum atomic E-state index is -0.845. The molecule has 2 aromatic rings. The Morgan fingerprint density at radius 2 is 1.80 bits per heavy atom. The summed E-state index contributed by atoms with van der Waals surface area (Å²) in [5.41, 5.74) is 3.04. The van der Waals surface area contributed by atoms with E-state index in [4.69, 9.17) is 4.84 Å². The zero-order chi connectivity index (χ0) is 35.6. The first-order chi connectivity index (χ1) is 23.2. The molecule has 3 N–H and O–H groups in total. The van der Waals surface area contributed by atoms with Crippen LogP contribution >= 0.6 is 0 Å². The largest absolute Gasteiger partial charge is 0.394 e. The van der Waals surface area contributed by atoms with Gasteiger partial charge in [0.25, 0.3) is 0 Å². The van der Waals surface area contributed by atoms with Gasteiger partial charge < -0.3 is 20.4 Å². The van der Waals surface area contributed by atoms with Crippen LogP contribution < -0.4 is 5.32 Å². The van der Waals surface area contributed by atoms with E-state index in [1.54, 1.807) is 18.1 Å². The second kappa shape index (κ2) is 15.9. The highest BCUT2D eigenvalue weighted by Gasteiger charge is 2.57. The Morgan fingerprint density at radius 1 is 1.08 bits per heavy atom. The summed E-state index contributed by atoms with van der Waals surface area (Å²) < 4.78 is 14.9. The molecule has 1 saturated heterocycles. The predicted octanol–water partition coefficient (Wildman–Crippen LogP) is 5.46. The molecule has 1 amide bonds. The van der Waals surface area contributed by atoms with E-state index in [9.17, 15) is 19.4 Å². The van der Waals surface area contributed by atoms with Gasteiger partial charge in [0.15, 0.2) is 0 Å². The van der Waals surface area contributed by atoms with E-state index in [0.29, 0.717) is 54.3 Å². The maximum Gasteiger partial charge on any atom is 0.240 e. The van der Waals surface area contributed by atoms with Crippen molar-refractivity contribution in [3.8, 4) is 0 Å². The molecule has 4 aliphatic rings. The summed E-state index contributed by atoms with van der Waals surface area (Å²) in [5.74, 6) is 1.12. The van der Waals surface area contributed by atoms with Gasteiger partial charge in [-0.05, 0) is 86.6 Å². The molecule has 2 bridgehead atoms. The van der Waals surface area contributed by atoms with Crippen LogP contribution in [-0.4, -0.2) is 88.6 Å². The number of rotatable bonds is 15. The second-order valence-electron chi connectivity index (χ2n) is 16.6. The number of halogens is 1. The van der Waals surface area contributed by atoms with Gasteiger partial charge in [0.1, 0.15) is 18.0 Å². The highest BCUT2D eigenvalue weighted by atomic mass is 19.1. The summed E-state index contributed by atoms with van der Waals surface area (Å²) in [5, 5.41) is 26.2. The molecule has 9 heteroatoms. The van der Waals surface area contributed by atoms with Crippen LogP contribution in [0.4, 0.5) is 4.39 Å². The normalized spacial score (nSPS) is 29.3. The standard InChI is InChI=1S/C40H61FN4O4/c1-25(2)16-32(23-43(7)8)44(22-30-14-9-10-15-34(30)41)20-28-12-11-13-29(17-28)21-45-38(37(27(4)47)36(24-46)49-45)39(48)42-35-19-31-18-33(26(35)3)40(31,5)6/h9-15,17,25-27,31-33,35-38,46-47H,16,18-24H2,1-8H3,(H,42,48)/t26-,27+,31?,32+,33?,35+,36+,37-,38+/m1/s1. The first kappa shape index (κ1) is 37.8. The van der Waals surface area contributed by atoms with E-state index in [0.717, 1.165) is 30.5 Å². The van der Waals surface area contributed by atoms with Gasteiger partial charge in [0.05, 0.1) is 19.3 Å². The van der Waals surface area contributed by atoms with E-state index in [1.807, 2.05) is 24.3 Å². The van der Waals surface area contributed by atoms with Gasteiger partial charge in [0, 0.05) is 43.2 Å². The van der Waals surface area contributed by atoms with Crippen molar-refractivity contribution in [3.63, 3.8) is 0 Å². The molecule has 49 heavy (non-hydrogen) atoms. The zero-order valence-electron chi connectivity index (χ0n) is 31.0. The number of carbonyl (C=O) groups is 1. The molecule has 1 heterocycles. The van der Waals surface area contributed by atoms with Crippen LogP contribution in [-0.2, 0) is 29.3 Å². The molecule has 4 fully saturated rings. The van der Waals surface area contributed by atoms with Crippen molar-refractivity contribution in [3.05, 3.63) is 71.0 Å². The van der Waals surface area contributed by atoms with E-state index < -0.39 is 24.2 Å². The second-order valence-corrected chi connectivity index (χ2v) is 16.6. The van der Waals surface area contributed by atoms with Crippen LogP contribution in [0.15, 0.2) is 48.5 Å². The predicted molar refractivity (Wildman–Crippen MR) is 191 cm³/mol. The van der Waals surface area contributed by atoms with E-state index in [2.05, 4.69) is 76.0 Å². The molecule has 2 aromatic carbocycles. The van der Waals surface area contributed by atoms with Gasteiger partial charge in [-0.1, -0.05) is 77.1 Å². The van der Waals surface area contributed by atoms with Crippen LogP contribution in [0.5, 0.6) is 0 Å². The van der Waals surface area contributed by atoms with Gasteiger partial charge >= 0.3 is 0 Å². The van der Waals surface area contributed by atoms with Gasteiger partial charge in [-0.3, -0.25) is 14.5 Å². The van der Waals surface area contributed by atoms with Crippen molar-refractivity contribution in [2.45, 2.75) is 111 Å². The molecule has 0 spiro atoms. The van der Waals surface area contributed by atoms with Crippen LogP contribution in [0, 0.1) is 40.8 Å². The molecular formula is C40H61FN4O4. The Kier molecular flexibility index (Phi) is 12.3. The minimum absolute atomic E-state index is 0.0821. The van der Waals surface area contributed by atoms with Crippen LogP contribution in [0.1, 0.15) is 77.5 Å². The number of benzene rings is 2. The number of hydrogen-bond donors (Lipinski definition) is 3. The van der Waals surface area contributed by atoms with Crippen LogP contribution in [0.2, 0.25) is 0 Å². The number of amides is 1. The lowest BCUT2D eigenvalue weighted by Crippen LogP contribution is -2.62. The van der Waals surface area contributed by atoms with Gasteiger partial charge in [-0.15, -0.1) is 0 Å². The molecule has 8 nitrogen and oxygen atoms in total. The van der Waals surface area contributed by atoms with Crippen molar-refractivity contribution >= 4 is 5.91 Å². The number of nitrogens with zero attached hydrogens (tertiary/aromatic N) is 3. The summed E-state index contributed by atoms with van der Waals surface area (Å²) >= 11 is 0. The quantitative estimate of drug-likeness (QED) is 0.230. The SMILES string of the molecule is CC(C)C[C@@H](CN(C)C)N(Cc1cccc(CN2O[C@@H](CO)[C@@H]([C@H](C)O)[C@H]2C(=O)N[C@H]2CC3CC([C@H]2C)C3(C)C)c1)Cc1ccccc1F. The Labute approximate surface area is 294 Å². The van der Waals surface area contributed by atoms with Crippen molar-refractivity contribution in [1.29, 1.82) is 0 Å². The summed E-state index contributed by atoms with van der Waals surface area (Å²) in [6, 6.07) is 14.8. The summed E-state index contributed by atoms with van der Waals surface area (Å²) in [4.78, 5) is 24.9. The molecule has 0 radical (unpaired) electrons. The number of likely N-dealkylation sites (N-methyl/N-ethyl adjacent to an activating group) is 1. The lowest BCUT2D eigenvalue weighted by molar-refractivity contribution is -0.183. The molecule has 9 atom stereocenters. The smallest absolute Gasteiger partial charge is 0.240 e. The molecular weight excluding hydrogens is 619 g/mol. The molecule has 2 unspecified atom stereocenters. The number of nitrogens with one attached hydrogen (secondary N) is 1. The van der Waals surface area contributed by atoms with Crippen molar-refractivity contribution in [2.24, 2.45) is 35.0 Å².